The van der Waals surface area contributed by atoms with Crippen molar-refractivity contribution < 1.29 is 10.2 Å². The number of aromatic nitrogens is 3. The highest BCUT2D eigenvalue weighted by molar-refractivity contribution is 6.43. The van der Waals surface area contributed by atoms with Gasteiger partial charge in [0.05, 0.1) is 16.7 Å². The third-order valence-corrected chi connectivity index (χ3v) is 10.7. The van der Waals surface area contributed by atoms with Gasteiger partial charge in [-0.1, -0.05) is 109 Å². The van der Waals surface area contributed by atoms with E-state index in [4.69, 9.17) is 4.98 Å². The van der Waals surface area contributed by atoms with E-state index in [1.54, 1.807) is 23.5 Å². The minimum atomic E-state index is -1.65. The summed E-state index contributed by atoms with van der Waals surface area (Å²) in [5.41, 5.74) is 7.76. The Kier molecular flexibility index (Phi) is 7.44. The van der Waals surface area contributed by atoms with E-state index in [9.17, 15) is 10.2 Å². The maximum atomic E-state index is 11.9. The van der Waals surface area contributed by atoms with Gasteiger partial charge in [0.2, 0.25) is 0 Å². The number of nitrogens with zero attached hydrogens (tertiary/aromatic N) is 3. The Labute approximate surface area is 304 Å². The van der Waals surface area contributed by atoms with Gasteiger partial charge in [-0.05, 0) is 96.7 Å². The molecule has 52 heavy (non-hydrogen) atoms. The van der Waals surface area contributed by atoms with Crippen molar-refractivity contribution in [2.75, 3.05) is 0 Å². The van der Waals surface area contributed by atoms with E-state index in [1.165, 1.54) is 32.7 Å². The summed E-state index contributed by atoms with van der Waals surface area (Å²) in [5, 5.41) is 28.4. The number of rotatable bonds is 6. The van der Waals surface area contributed by atoms with Crippen molar-refractivity contribution >= 4 is 66.9 Å². The normalized spacial score (nSPS) is 13.2. The molecule has 1 atom stereocenters. The molecule has 5 nitrogen and oxygen atoms in total. The molecule has 246 valence electrons. The van der Waals surface area contributed by atoms with Crippen LogP contribution >= 0.6 is 0 Å². The fourth-order valence-corrected chi connectivity index (χ4v) is 7.69. The van der Waals surface area contributed by atoms with Crippen molar-refractivity contribution in [3.63, 3.8) is 0 Å². The van der Waals surface area contributed by atoms with Gasteiger partial charge >= 0.3 is 0 Å². The average Bonchev–Trinajstić information content (AvgIpc) is 3.57. The van der Waals surface area contributed by atoms with Gasteiger partial charge in [-0.25, -0.2) is 4.98 Å². The smallest absolute Gasteiger partial charge is 0.154 e. The molecule has 0 saturated carbocycles. The number of hydrogen-bond acceptors (Lipinski definition) is 4. The summed E-state index contributed by atoms with van der Waals surface area (Å²) in [6, 6.07) is 51.0. The van der Waals surface area contributed by atoms with Crippen molar-refractivity contribution in [2.45, 2.75) is 10.9 Å². The predicted octanol–water partition coefficient (Wildman–Crippen LogP) is 6.57. The first-order chi connectivity index (χ1) is 25.2. The predicted molar refractivity (Wildman–Crippen MR) is 222 cm³/mol. The Morgan fingerprint density at radius 3 is 1.71 bits per heavy atom. The van der Waals surface area contributed by atoms with Crippen molar-refractivity contribution in [3.8, 4) is 39.1 Å². The Hall–Kier alpha value is -5.95. The highest BCUT2D eigenvalue weighted by Gasteiger charge is 2.43. The summed E-state index contributed by atoms with van der Waals surface area (Å²) in [5.74, 6) is 0.383. The molecule has 0 aliphatic heterocycles. The molecule has 0 aliphatic carbocycles. The van der Waals surface area contributed by atoms with Crippen molar-refractivity contribution in [3.05, 3.63) is 164 Å². The second kappa shape index (κ2) is 12.1. The van der Waals surface area contributed by atoms with Gasteiger partial charge in [-0.3, -0.25) is 9.55 Å². The molecule has 1 unspecified atom stereocenters. The largest absolute Gasteiger partial charge is 0.405 e. The lowest BCUT2D eigenvalue weighted by Gasteiger charge is -2.36. The van der Waals surface area contributed by atoms with Gasteiger partial charge in [-0.2, -0.15) is 0 Å². The van der Waals surface area contributed by atoms with Crippen LogP contribution in [0.1, 0.15) is 5.82 Å². The van der Waals surface area contributed by atoms with Crippen LogP contribution in [0.2, 0.25) is 0 Å². The Morgan fingerprint density at radius 1 is 0.500 bits per heavy atom. The molecular weight excluding hydrogens is 635 g/mol. The highest BCUT2D eigenvalue weighted by Crippen LogP contribution is 2.46. The molecule has 9 rings (SSSR count). The van der Waals surface area contributed by atoms with Gasteiger partial charge in [0.15, 0.2) is 7.85 Å². The molecule has 7 aromatic carbocycles. The number of aliphatic hydroxyl groups is 2. The number of imidazole rings is 1. The molecule has 0 spiro atoms. The number of para-hydroxylation sites is 2. The number of benzene rings is 7. The summed E-state index contributed by atoms with van der Waals surface area (Å²) in [4.78, 5) is 9.14. The molecule has 2 heterocycles. The van der Waals surface area contributed by atoms with E-state index in [0.29, 0.717) is 5.82 Å². The van der Waals surface area contributed by atoms with Crippen LogP contribution in [0.5, 0.6) is 0 Å². The monoisotopic (exact) mass is 669 g/mol. The third-order valence-electron chi connectivity index (χ3n) is 10.7. The van der Waals surface area contributed by atoms with E-state index >= 15 is 0 Å². The first-order valence-electron chi connectivity index (χ1n) is 17.6. The van der Waals surface area contributed by atoms with Crippen LogP contribution in [0.25, 0.3) is 82.4 Å². The van der Waals surface area contributed by atoms with Gasteiger partial charge in [-0.15, -0.1) is 0 Å². The zero-order chi connectivity index (χ0) is 35.6. The third kappa shape index (κ3) is 4.98. The van der Waals surface area contributed by atoms with Crippen LogP contribution in [0, 0.1) is 0 Å². The minimum Gasteiger partial charge on any atom is -0.405 e. The van der Waals surface area contributed by atoms with Crippen LogP contribution in [0.4, 0.5) is 0 Å². The molecule has 0 bridgehead atoms. The quantitative estimate of drug-likeness (QED) is 0.155. The molecule has 2 N–H and O–H groups in total. The highest BCUT2D eigenvalue weighted by atomic mass is 16.3. The van der Waals surface area contributed by atoms with E-state index in [1.807, 2.05) is 41.2 Å². The molecule has 2 aromatic heterocycles. The molecule has 0 saturated heterocycles. The SMILES string of the molecule is BC(B)(O)C(B)(O)c1nc2ccccc2n1-c1ccc(-c2c3ccccc3c(-c3cccc(-c4ccncc4)c3)c3ccccc23)c2ccccc12. The Bertz CT molecular complexity index is 2770. The van der Waals surface area contributed by atoms with Crippen LogP contribution in [-0.2, 0) is 5.50 Å². The lowest BCUT2D eigenvalue weighted by Crippen LogP contribution is -2.54. The fourth-order valence-electron chi connectivity index (χ4n) is 7.69. The van der Waals surface area contributed by atoms with Crippen LogP contribution in [0.3, 0.4) is 0 Å². The molecule has 0 amide bonds. The van der Waals surface area contributed by atoms with Crippen LogP contribution < -0.4 is 0 Å². The zero-order valence-electron chi connectivity index (χ0n) is 29.2. The van der Waals surface area contributed by atoms with Crippen molar-refractivity contribution in [2.24, 2.45) is 0 Å². The van der Waals surface area contributed by atoms with E-state index in [0.717, 1.165) is 49.7 Å². The fraction of sp³-hybridized carbons (Fsp3) is 0.0455. The second-order valence-corrected chi connectivity index (χ2v) is 14.2. The van der Waals surface area contributed by atoms with E-state index in [-0.39, 0.29) is 0 Å². The second-order valence-electron chi connectivity index (χ2n) is 14.2. The topological polar surface area (TPSA) is 71.2 Å². The number of fused-ring (bicyclic) bond motifs is 4. The maximum Gasteiger partial charge on any atom is 0.154 e. The average molecular weight is 669 g/mol. The molecule has 0 radical (unpaired) electrons. The van der Waals surface area contributed by atoms with Crippen molar-refractivity contribution in [1.82, 2.24) is 14.5 Å². The van der Waals surface area contributed by atoms with Crippen molar-refractivity contribution in [1.29, 1.82) is 0 Å². The van der Waals surface area contributed by atoms with Gasteiger partial charge in [0.1, 0.15) is 27.0 Å². The summed E-state index contributed by atoms with van der Waals surface area (Å²) in [7, 11) is 4.87. The van der Waals surface area contributed by atoms with Gasteiger partial charge in [0.25, 0.3) is 0 Å². The van der Waals surface area contributed by atoms with E-state index in [2.05, 4.69) is 126 Å². The Morgan fingerprint density at radius 2 is 1.06 bits per heavy atom. The summed E-state index contributed by atoms with van der Waals surface area (Å²) in [6.45, 7) is 0. The summed E-state index contributed by atoms with van der Waals surface area (Å²) in [6.07, 6.45) is 3.67. The standard InChI is InChI=1S/C44H34B3N3O2/c45-43(51,44(46,47)52)42-49-37-18-7-8-19-39(37)50(42)38-21-20-36(30-12-1-2-13-31(30)38)41-34-16-5-3-14-32(34)40(33-15-4-6-17-35(33)41)29-11-9-10-28(26-29)27-22-24-48-25-23-27/h1-26,51-52H,45-47H2. The first-order valence-corrected chi connectivity index (χ1v) is 17.6. The summed E-state index contributed by atoms with van der Waals surface area (Å²) < 4.78 is 2.01. The van der Waals surface area contributed by atoms with Gasteiger partial charge < -0.3 is 10.2 Å². The number of pyridine rings is 1. The van der Waals surface area contributed by atoms with Crippen LogP contribution in [0.15, 0.2) is 158 Å². The zero-order valence-corrected chi connectivity index (χ0v) is 29.2. The van der Waals surface area contributed by atoms with Gasteiger partial charge in [0, 0.05) is 23.2 Å². The maximum absolute atomic E-state index is 11.9. The molecule has 8 heteroatoms. The molecule has 0 fully saturated rings. The Balaban J connectivity index is 1.33. The number of hydrogen-bond donors (Lipinski definition) is 2. The first kappa shape index (κ1) is 32.0. The lowest BCUT2D eigenvalue weighted by atomic mass is 9.49. The lowest BCUT2D eigenvalue weighted by molar-refractivity contribution is -0.00424. The van der Waals surface area contributed by atoms with Crippen LogP contribution in [-0.4, -0.2) is 53.7 Å². The van der Waals surface area contributed by atoms with E-state index < -0.39 is 10.9 Å². The molecule has 9 aromatic rings. The summed E-state index contributed by atoms with van der Waals surface area (Å²) >= 11 is 0. The molecular formula is C44H34B3N3O2. The molecule has 0 aliphatic rings. The minimum absolute atomic E-state index is 0.383.